The second-order valence-corrected chi connectivity index (χ2v) is 8.32. The second kappa shape index (κ2) is 8.59. The van der Waals surface area contributed by atoms with Gasteiger partial charge in [0, 0.05) is 5.56 Å². The van der Waals surface area contributed by atoms with Gasteiger partial charge in [-0.05, 0) is 29.8 Å². The molecular formula is C23H18N2O2S2. The number of amides is 2. The first kappa shape index (κ1) is 19.4. The van der Waals surface area contributed by atoms with Gasteiger partial charge in [0.05, 0.1) is 10.9 Å². The van der Waals surface area contributed by atoms with Crippen molar-refractivity contribution in [3.63, 3.8) is 0 Å². The van der Waals surface area contributed by atoms with E-state index in [0.29, 0.717) is 15.6 Å². The minimum atomic E-state index is -0.748. The number of nitrogens with one attached hydrogen (secondary N) is 1. The summed E-state index contributed by atoms with van der Waals surface area (Å²) < 4.78 is 0.472. The molecule has 0 aromatic heterocycles. The van der Waals surface area contributed by atoms with E-state index in [4.69, 9.17) is 12.2 Å². The fraction of sp³-hybridized carbons (Fsp3) is 0.0870. The van der Waals surface area contributed by atoms with Crippen LogP contribution in [0, 0.1) is 0 Å². The number of thioether (sulfide) groups is 1. The average molecular weight is 419 g/mol. The van der Waals surface area contributed by atoms with Gasteiger partial charge >= 0.3 is 0 Å². The number of thiocarbonyl (C=S) groups is 1. The number of nitrogens with zero attached hydrogens (tertiary/aromatic N) is 1. The zero-order chi connectivity index (χ0) is 20.2. The molecule has 1 N–H and O–H groups in total. The Labute approximate surface area is 178 Å². The largest absolute Gasteiger partial charge is 0.339 e. The number of anilines is 1. The summed E-state index contributed by atoms with van der Waals surface area (Å²) in [4.78, 5) is 27.8. The summed E-state index contributed by atoms with van der Waals surface area (Å²) in [7, 11) is 0. The van der Waals surface area contributed by atoms with Gasteiger partial charge in [-0.1, -0.05) is 90.7 Å². The predicted molar refractivity (Wildman–Crippen MR) is 121 cm³/mol. The van der Waals surface area contributed by atoms with E-state index in [9.17, 15) is 9.59 Å². The van der Waals surface area contributed by atoms with Crippen molar-refractivity contribution in [1.82, 2.24) is 5.32 Å². The van der Waals surface area contributed by atoms with Crippen molar-refractivity contribution in [3.8, 4) is 0 Å². The van der Waals surface area contributed by atoms with E-state index in [2.05, 4.69) is 5.32 Å². The molecule has 3 aromatic rings. The van der Waals surface area contributed by atoms with E-state index in [1.165, 1.54) is 16.7 Å². The normalized spacial score (nSPS) is 19.1. The van der Waals surface area contributed by atoms with E-state index in [0.717, 1.165) is 5.56 Å². The number of rotatable bonds is 4. The van der Waals surface area contributed by atoms with Crippen molar-refractivity contribution in [1.29, 1.82) is 0 Å². The zero-order valence-corrected chi connectivity index (χ0v) is 17.0. The molecular weight excluding hydrogens is 400 g/mol. The third kappa shape index (κ3) is 4.09. The fourth-order valence-electron chi connectivity index (χ4n) is 3.25. The summed E-state index contributed by atoms with van der Waals surface area (Å²) in [5.41, 5.74) is 2.15. The molecule has 6 heteroatoms. The van der Waals surface area contributed by atoms with Crippen molar-refractivity contribution >= 4 is 45.8 Å². The molecule has 0 spiro atoms. The van der Waals surface area contributed by atoms with Crippen molar-refractivity contribution in [2.45, 2.75) is 11.3 Å². The number of hydrogen-bond acceptors (Lipinski definition) is 4. The Balaban J connectivity index is 1.70. The van der Waals surface area contributed by atoms with Crippen LogP contribution in [-0.4, -0.2) is 22.2 Å². The van der Waals surface area contributed by atoms with E-state index >= 15 is 0 Å². The highest BCUT2D eigenvalue weighted by atomic mass is 32.2. The Morgan fingerprint density at radius 1 is 0.862 bits per heavy atom. The summed E-state index contributed by atoms with van der Waals surface area (Å²) in [6.07, 6.45) is 0. The van der Waals surface area contributed by atoms with Gasteiger partial charge in [-0.3, -0.25) is 14.5 Å². The monoisotopic (exact) mass is 418 g/mol. The van der Waals surface area contributed by atoms with E-state index in [1.54, 1.807) is 24.3 Å². The second-order valence-electron chi connectivity index (χ2n) is 6.54. The van der Waals surface area contributed by atoms with Crippen molar-refractivity contribution in [3.05, 3.63) is 102 Å². The van der Waals surface area contributed by atoms with Gasteiger partial charge in [0.2, 0.25) is 0 Å². The fourth-order valence-corrected chi connectivity index (χ4v) is 4.89. The molecule has 1 heterocycles. The quantitative estimate of drug-likeness (QED) is 0.630. The van der Waals surface area contributed by atoms with Crippen LogP contribution in [0.2, 0.25) is 0 Å². The van der Waals surface area contributed by atoms with Crippen LogP contribution >= 0.6 is 24.0 Å². The highest BCUT2D eigenvalue weighted by Crippen LogP contribution is 2.40. The molecule has 0 saturated carbocycles. The summed E-state index contributed by atoms with van der Waals surface area (Å²) >= 11 is 6.99. The van der Waals surface area contributed by atoms with Crippen LogP contribution in [0.25, 0.3) is 0 Å². The number of carbonyl (C=O) groups excluding carboxylic acids is 2. The molecule has 1 aliphatic rings. The lowest BCUT2D eigenvalue weighted by molar-refractivity contribution is -0.119. The molecule has 0 radical (unpaired) electrons. The Bertz CT molecular complexity index is 1030. The maximum absolute atomic E-state index is 13.5. The summed E-state index contributed by atoms with van der Waals surface area (Å²) in [6.45, 7) is 0. The lowest BCUT2D eigenvalue weighted by Crippen LogP contribution is -2.55. The highest BCUT2D eigenvalue weighted by molar-refractivity contribution is 8.23. The summed E-state index contributed by atoms with van der Waals surface area (Å²) in [5.74, 6) is -0.524. The first-order valence-corrected chi connectivity index (χ1v) is 10.4. The molecule has 0 unspecified atom stereocenters. The number of benzene rings is 3. The molecule has 4 rings (SSSR count). The molecule has 2 amide bonds. The number of hydrogen-bond donors (Lipinski definition) is 1. The van der Waals surface area contributed by atoms with E-state index < -0.39 is 6.04 Å². The number of carbonyl (C=O) groups is 2. The van der Waals surface area contributed by atoms with Gasteiger partial charge in [0.25, 0.3) is 11.8 Å². The third-order valence-electron chi connectivity index (χ3n) is 4.66. The van der Waals surface area contributed by atoms with Crippen molar-refractivity contribution < 1.29 is 9.59 Å². The Morgan fingerprint density at radius 3 is 2.03 bits per heavy atom. The van der Waals surface area contributed by atoms with Crippen LogP contribution in [-0.2, 0) is 4.79 Å². The highest BCUT2D eigenvalue weighted by Gasteiger charge is 2.42. The van der Waals surface area contributed by atoms with E-state index in [1.807, 2.05) is 66.7 Å². The Morgan fingerprint density at radius 2 is 1.41 bits per heavy atom. The minimum absolute atomic E-state index is 0.238. The maximum atomic E-state index is 13.5. The van der Waals surface area contributed by atoms with Gasteiger partial charge in [-0.2, -0.15) is 0 Å². The van der Waals surface area contributed by atoms with Crippen LogP contribution in [0.1, 0.15) is 21.2 Å². The van der Waals surface area contributed by atoms with Gasteiger partial charge in [-0.25, -0.2) is 0 Å². The SMILES string of the molecule is O=C(N[C@@H]1C(=O)N(c2ccccc2)C(=S)S[C@@H]1c1ccccc1)c1ccccc1. The molecule has 2 atom stereocenters. The maximum Gasteiger partial charge on any atom is 0.256 e. The van der Waals surface area contributed by atoms with Crippen molar-refractivity contribution in [2.24, 2.45) is 0 Å². The average Bonchev–Trinajstić information content (AvgIpc) is 2.77. The van der Waals surface area contributed by atoms with Crippen LogP contribution in [0.4, 0.5) is 5.69 Å². The topological polar surface area (TPSA) is 49.4 Å². The number of para-hydroxylation sites is 1. The lowest BCUT2D eigenvalue weighted by Gasteiger charge is -2.38. The molecule has 3 aromatic carbocycles. The molecule has 1 fully saturated rings. The smallest absolute Gasteiger partial charge is 0.256 e. The first-order valence-electron chi connectivity index (χ1n) is 9.15. The molecule has 0 bridgehead atoms. The molecule has 4 nitrogen and oxygen atoms in total. The van der Waals surface area contributed by atoms with Crippen LogP contribution in [0.5, 0.6) is 0 Å². The van der Waals surface area contributed by atoms with E-state index in [-0.39, 0.29) is 17.1 Å². The lowest BCUT2D eigenvalue weighted by atomic mass is 10.0. The van der Waals surface area contributed by atoms with Crippen molar-refractivity contribution in [2.75, 3.05) is 4.90 Å². The molecule has 0 aliphatic carbocycles. The molecule has 144 valence electrons. The van der Waals surface area contributed by atoms with Crippen LogP contribution in [0.15, 0.2) is 91.0 Å². The van der Waals surface area contributed by atoms with Gasteiger partial charge in [-0.15, -0.1) is 0 Å². The summed E-state index contributed by atoms with van der Waals surface area (Å²) in [5, 5.41) is 2.64. The molecule has 29 heavy (non-hydrogen) atoms. The van der Waals surface area contributed by atoms with Gasteiger partial charge in [0.1, 0.15) is 10.4 Å². The van der Waals surface area contributed by atoms with Gasteiger partial charge < -0.3 is 5.32 Å². The Hall–Kier alpha value is -2.96. The van der Waals surface area contributed by atoms with Crippen LogP contribution in [0.3, 0.4) is 0 Å². The standard InChI is InChI=1S/C23H18N2O2S2/c26-21(17-12-6-2-7-13-17)24-19-20(16-10-4-1-5-11-16)29-23(28)25(22(19)27)18-14-8-3-9-15-18/h1-15,19-20H,(H,24,26)/t19-,20+/m0/s1. The van der Waals surface area contributed by atoms with Crippen LogP contribution < -0.4 is 10.2 Å². The third-order valence-corrected chi connectivity index (χ3v) is 6.32. The predicted octanol–water partition coefficient (Wildman–Crippen LogP) is 4.59. The molecule has 1 aliphatic heterocycles. The summed E-state index contributed by atoms with van der Waals surface area (Å²) in [6, 6.07) is 27.1. The van der Waals surface area contributed by atoms with Gasteiger partial charge in [0.15, 0.2) is 0 Å². The minimum Gasteiger partial charge on any atom is -0.339 e. The Kier molecular flexibility index (Phi) is 5.74. The molecule has 1 saturated heterocycles. The zero-order valence-electron chi connectivity index (χ0n) is 15.4. The first-order chi connectivity index (χ1) is 14.1.